The SMILES string of the molecule is CC(=O)N1CCCC1C(=O)N[C@H](Cc1ccc2ccccc2c1)C(=O)NCC(O)CN.Cl. The van der Waals surface area contributed by atoms with E-state index < -0.39 is 24.1 Å². The first-order chi connectivity index (χ1) is 14.9. The molecule has 3 rings (SSSR count). The van der Waals surface area contributed by atoms with Gasteiger partial charge in [0.2, 0.25) is 17.7 Å². The number of carbonyl (C=O) groups is 3. The Kier molecular flexibility index (Phi) is 9.43. The van der Waals surface area contributed by atoms with E-state index in [4.69, 9.17) is 5.73 Å². The Morgan fingerprint density at radius 3 is 2.59 bits per heavy atom. The second-order valence-corrected chi connectivity index (χ2v) is 7.95. The van der Waals surface area contributed by atoms with Gasteiger partial charge in [0.1, 0.15) is 12.1 Å². The van der Waals surface area contributed by atoms with Crippen molar-refractivity contribution in [3.05, 3.63) is 48.0 Å². The van der Waals surface area contributed by atoms with Crippen LogP contribution in [0.2, 0.25) is 0 Å². The third-order valence-corrected chi connectivity index (χ3v) is 5.63. The topological polar surface area (TPSA) is 125 Å². The second-order valence-electron chi connectivity index (χ2n) is 7.95. The van der Waals surface area contributed by atoms with Crippen molar-refractivity contribution in [3.63, 3.8) is 0 Å². The van der Waals surface area contributed by atoms with E-state index in [2.05, 4.69) is 10.6 Å². The summed E-state index contributed by atoms with van der Waals surface area (Å²) < 4.78 is 0. The van der Waals surface area contributed by atoms with Gasteiger partial charge in [-0.3, -0.25) is 14.4 Å². The average molecular weight is 463 g/mol. The normalized spacial score (nSPS) is 17.3. The molecule has 8 nitrogen and oxygen atoms in total. The number of fused-ring (bicyclic) bond motifs is 1. The largest absolute Gasteiger partial charge is 0.390 e. The summed E-state index contributed by atoms with van der Waals surface area (Å²) in [4.78, 5) is 39.1. The van der Waals surface area contributed by atoms with Crippen LogP contribution in [0, 0.1) is 0 Å². The number of hydrogen-bond donors (Lipinski definition) is 4. The van der Waals surface area contributed by atoms with Gasteiger partial charge in [0.25, 0.3) is 0 Å². The number of nitrogens with one attached hydrogen (secondary N) is 2. The number of amides is 3. The minimum absolute atomic E-state index is 0. The summed E-state index contributed by atoms with van der Waals surface area (Å²) in [5, 5.41) is 17.3. The molecule has 1 aliphatic heterocycles. The van der Waals surface area contributed by atoms with Gasteiger partial charge in [-0.25, -0.2) is 0 Å². The highest BCUT2D eigenvalue weighted by Gasteiger charge is 2.34. The molecule has 2 aromatic carbocycles. The summed E-state index contributed by atoms with van der Waals surface area (Å²) >= 11 is 0. The first-order valence-corrected chi connectivity index (χ1v) is 10.6. The summed E-state index contributed by atoms with van der Waals surface area (Å²) in [6, 6.07) is 12.4. The molecule has 0 spiro atoms. The van der Waals surface area contributed by atoms with Gasteiger partial charge < -0.3 is 26.4 Å². The highest BCUT2D eigenvalue weighted by atomic mass is 35.5. The fourth-order valence-corrected chi connectivity index (χ4v) is 3.92. The van der Waals surface area contributed by atoms with Crippen molar-refractivity contribution in [2.75, 3.05) is 19.6 Å². The molecule has 174 valence electrons. The predicted octanol–water partition coefficient (Wildman–Crippen LogP) is 0.736. The van der Waals surface area contributed by atoms with Gasteiger partial charge >= 0.3 is 0 Å². The van der Waals surface area contributed by atoms with Crippen LogP contribution in [0.1, 0.15) is 25.3 Å². The monoisotopic (exact) mass is 462 g/mol. The number of hydrogen-bond acceptors (Lipinski definition) is 5. The molecule has 0 saturated carbocycles. The minimum Gasteiger partial charge on any atom is -0.390 e. The van der Waals surface area contributed by atoms with Crippen molar-refractivity contribution in [2.45, 2.75) is 44.4 Å². The lowest BCUT2D eigenvalue weighted by Gasteiger charge is -2.26. The quantitative estimate of drug-likeness (QED) is 0.460. The highest BCUT2D eigenvalue weighted by molar-refractivity contribution is 5.92. The number of benzene rings is 2. The van der Waals surface area contributed by atoms with Crippen molar-refractivity contribution in [2.24, 2.45) is 5.73 Å². The van der Waals surface area contributed by atoms with Crippen molar-refractivity contribution in [1.82, 2.24) is 15.5 Å². The average Bonchev–Trinajstić information content (AvgIpc) is 3.27. The van der Waals surface area contributed by atoms with Crippen molar-refractivity contribution < 1.29 is 19.5 Å². The van der Waals surface area contributed by atoms with Crippen molar-refractivity contribution in [1.29, 1.82) is 0 Å². The van der Waals surface area contributed by atoms with Gasteiger partial charge in [-0.1, -0.05) is 42.5 Å². The van der Waals surface area contributed by atoms with Gasteiger partial charge in [-0.05, 0) is 29.2 Å². The van der Waals surface area contributed by atoms with E-state index in [-0.39, 0.29) is 43.7 Å². The van der Waals surface area contributed by atoms with Crippen molar-refractivity contribution in [3.8, 4) is 0 Å². The van der Waals surface area contributed by atoms with Crippen LogP contribution < -0.4 is 16.4 Å². The standard InChI is InChI=1S/C23H30N4O4.ClH/c1-15(28)27-10-4-7-21(27)23(31)26-20(22(30)25-14-19(29)13-24)12-16-8-9-17-5-2-3-6-18(17)11-16;/h2-3,5-6,8-9,11,19-21,29H,4,7,10,12-14,24H2,1H3,(H,25,30)(H,26,31);1H/t19?,20-,21?;/m1./s1. The van der Waals surface area contributed by atoms with Crippen LogP contribution in [-0.4, -0.2) is 65.5 Å². The molecule has 1 heterocycles. The third kappa shape index (κ3) is 6.41. The lowest BCUT2D eigenvalue weighted by Crippen LogP contribution is -2.54. The molecule has 2 aromatic rings. The van der Waals surface area contributed by atoms with Crippen LogP contribution in [0.15, 0.2) is 42.5 Å². The molecule has 32 heavy (non-hydrogen) atoms. The summed E-state index contributed by atoms with van der Waals surface area (Å²) in [7, 11) is 0. The second kappa shape index (κ2) is 11.8. The Morgan fingerprint density at radius 2 is 1.91 bits per heavy atom. The summed E-state index contributed by atoms with van der Waals surface area (Å²) in [5.74, 6) is -0.895. The molecule has 5 N–H and O–H groups in total. The number of aliphatic hydroxyl groups excluding tert-OH is 1. The molecule has 3 amide bonds. The van der Waals surface area contributed by atoms with Gasteiger partial charge in [-0.15, -0.1) is 12.4 Å². The molecular weight excluding hydrogens is 432 g/mol. The van der Waals surface area contributed by atoms with E-state index >= 15 is 0 Å². The Bertz CT molecular complexity index is 954. The third-order valence-electron chi connectivity index (χ3n) is 5.63. The number of halogens is 1. The maximum Gasteiger partial charge on any atom is 0.243 e. The number of aliphatic hydroxyl groups is 1. The Labute approximate surface area is 193 Å². The molecule has 3 atom stereocenters. The van der Waals surface area contributed by atoms with Crippen LogP contribution in [0.4, 0.5) is 0 Å². The Balaban J connectivity index is 0.00000363. The van der Waals surface area contributed by atoms with Gasteiger partial charge in [0.05, 0.1) is 6.10 Å². The Hall–Kier alpha value is -2.68. The minimum atomic E-state index is -0.857. The highest BCUT2D eigenvalue weighted by Crippen LogP contribution is 2.19. The summed E-state index contributed by atoms with van der Waals surface area (Å²) in [6.45, 7) is 2.01. The van der Waals surface area contributed by atoms with Crippen LogP contribution in [0.25, 0.3) is 10.8 Å². The summed E-state index contributed by atoms with van der Waals surface area (Å²) in [6.07, 6.45) is 0.751. The van der Waals surface area contributed by atoms with E-state index in [0.717, 1.165) is 22.8 Å². The Morgan fingerprint density at radius 1 is 1.19 bits per heavy atom. The van der Waals surface area contributed by atoms with E-state index in [1.807, 2.05) is 42.5 Å². The number of carbonyl (C=O) groups excluding carboxylic acids is 3. The molecule has 0 bridgehead atoms. The fourth-order valence-electron chi connectivity index (χ4n) is 3.92. The lowest BCUT2D eigenvalue weighted by atomic mass is 10.0. The van der Waals surface area contributed by atoms with E-state index in [9.17, 15) is 19.5 Å². The summed E-state index contributed by atoms with van der Waals surface area (Å²) in [5.41, 5.74) is 6.31. The zero-order valence-electron chi connectivity index (χ0n) is 18.1. The molecule has 9 heteroatoms. The molecule has 0 aliphatic carbocycles. The number of likely N-dealkylation sites (tertiary alicyclic amines) is 1. The maximum atomic E-state index is 12.9. The fraction of sp³-hybridized carbons (Fsp3) is 0.435. The maximum absolute atomic E-state index is 12.9. The van der Waals surface area contributed by atoms with Crippen LogP contribution in [-0.2, 0) is 20.8 Å². The predicted molar refractivity (Wildman–Crippen MR) is 125 cm³/mol. The zero-order chi connectivity index (χ0) is 22.4. The molecule has 0 aromatic heterocycles. The molecule has 2 unspecified atom stereocenters. The van der Waals surface area contributed by atoms with Crippen molar-refractivity contribution >= 4 is 40.9 Å². The van der Waals surface area contributed by atoms with E-state index in [1.165, 1.54) is 6.92 Å². The lowest BCUT2D eigenvalue weighted by molar-refractivity contribution is -0.138. The van der Waals surface area contributed by atoms with E-state index in [0.29, 0.717) is 13.0 Å². The zero-order valence-corrected chi connectivity index (χ0v) is 18.9. The van der Waals surface area contributed by atoms with Crippen LogP contribution in [0.5, 0.6) is 0 Å². The van der Waals surface area contributed by atoms with Gasteiger partial charge in [0.15, 0.2) is 0 Å². The van der Waals surface area contributed by atoms with E-state index in [1.54, 1.807) is 4.90 Å². The smallest absolute Gasteiger partial charge is 0.243 e. The molecule has 1 aliphatic rings. The molecule has 1 saturated heterocycles. The first kappa shape index (κ1) is 25.6. The van der Waals surface area contributed by atoms with Crippen LogP contribution >= 0.6 is 12.4 Å². The van der Waals surface area contributed by atoms with Gasteiger partial charge in [0, 0.05) is 33.0 Å². The number of rotatable bonds is 8. The first-order valence-electron chi connectivity index (χ1n) is 10.6. The molecule has 1 fully saturated rings. The molecule has 0 radical (unpaired) electrons. The number of nitrogens with two attached hydrogens (primary N) is 1. The molecular formula is C23H31ClN4O4. The number of nitrogens with zero attached hydrogens (tertiary/aromatic N) is 1. The van der Waals surface area contributed by atoms with Crippen LogP contribution in [0.3, 0.4) is 0 Å². The van der Waals surface area contributed by atoms with Gasteiger partial charge in [-0.2, -0.15) is 0 Å².